The van der Waals surface area contributed by atoms with Gasteiger partial charge in [0.05, 0.1) is 12.8 Å². The number of nitrogens with one attached hydrogen (secondary N) is 1. The van der Waals surface area contributed by atoms with Gasteiger partial charge < -0.3 is 15.3 Å². The quantitative estimate of drug-likeness (QED) is 0.878. The van der Waals surface area contributed by atoms with Crippen molar-refractivity contribution in [2.75, 3.05) is 18.9 Å². The minimum absolute atomic E-state index is 0.0391. The summed E-state index contributed by atoms with van der Waals surface area (Å²) in [4.78, 5) is 23.3. The lowest BCUT2D eigenvalue weighted by atomic mass is 10.1. The van der Waals surface area contributed by atoms with Crippen LogP contribution in [0.25, 0.3) is 0 Å². The monoisotopic (exact) mass is 304 g/mol. The molecule has 2 amide bonds. The van der Waals surface area contributed by atoms with Crippen molar-refractivity contribution in [2.24, 2.45) is 0 Å². The van der Waals surface area contributed by atoms with Crippen molar-refractivity contribution < 1.29 is 27.9 Å². The number of urea groups is 1. The van der Waals surface area contributed by atoms with E-state index in [1.807, 2.05) is 0 Å². The van der Waals surface area contributed by atoms with Crippen LogP contribution in [0.1, 0.15) is 12.0 Å². The Bertz CT molecular complexity index is 518. The molecule has 0 aromatic heterocycles. The highest BCUT2D eigenvalue weighted by molar-refractivity contribution is 5.90. The van der Waals surface area contributed by atoms with Gasteiger partial charge in [0.15, 0.2) is 0 Å². The number of rotatable bonds is 5. The first-order valence-electron chi connectivity index (χ1n) is 6.07. The maximum absolute atomic E-state index is 12.4. The third-order valence-corrected chi connectivity index (χ3v) is 2.66. The Kier molecular flexibility index (Phi) is 5.57. The van der Waals surface area contributed by atoms with E-state index in [1.165, 1.54) is 31.3 Å². The average molecular weight is 304 g/mol. The molecule has 5 nitrogen and oxygen atoms in total. The fourth-order valence-corrected chi connectivity index (χ4v) is 1.59. The molecule has 116 valence electrons. The summed E-state index contributed by atoms with van der Waals surface area (Å²) >= 11 is 0. The summed E-state index contributed by atoms with van der Waals surface area (Å²) in [5.74, 6) is -1.06. The number of para-hydroxylation sites is 1. The van der Waals surface area contributed by atoms with Gasteiger partial charge >= 0.3 is 18.2 Å². The number of halogens is 3. The maximum Gasteiger partial charge on any atom is 0.393 e. The number of alkyl halides is 3. The molecule has 0 heterocycles. The molecule has 8 heteroatoms. The van der Waals surface area contributed by atoms with Crippen molar-refractivity contribution in [3.05, 3.63) is 29.8 Å². The van der Waals surface area contributed by atoms with Crippen LogP contribution in [0.5, 0.6) is 0 Å². The molecule has 0 radical (unpaired) electrons. The third kappa shape index (κ3) is 6.15. The van der Waals surface area contributed by atoms with E-state index in [-0.39, 0.29) is 24.2 Å². The molecule has 0 aliphatic carbocycles. The number of benzene rings is 1. The highest BCUT2D eigenvalue weighted by Crippen LogP contribution is 2.26. The molecule has 2 N–H and O–H groups in total. The Balaban J connectivity index is 2.74. The van der Waals surface area contributed by atoms with Gasteiger partial charge in [-0.3, -0.25) is 4.79 Å². The molecule has 0 fully saturated rings. The molecule has 0 bridgehead atoms. The topological polar surface area (TPSA) is 69.6 Å². The van der Waals surface area contributed by atoms with Gasteiger partial charge in [0, 0.05) is 19.3 Å². The van der Waals surface area contributed by atoms with Crippen LogP contribution in [0.4, 0.5) is 23.7 Å². The highest BCUT2D eigenvalue weighted by atomic mass is 19.4. The molecule has 1 aromatic rings. The fourth-order valence-electron chi connectivity index (χ4n) is 1.59. The highest BCUT2D eigenvalue weighted by Gasteiger charge is 2.29. The number of anilines is 1. The van der Waals surface area contributed by atoms with Crippen LogP contribution in [0.15, 0.2) is 24.3 Å². The Morgan fingerprint density at radius 3 is 2.48 bits per heavy atom. The molecule has 0 atom stereocenters. The minimum atomic E-state index is -4.38. The van der Waals surface area contributed by atoms with E-state index in [1.54, 1.807) is 0 Å². The number of carboxylic acid groups (broad SMARTS) is 1. The lowest BCUT2D eigenvalue weighted by molar-refractivity contribution is -0.137. The second-order valence-corrected chi connectivity index (χ2v) is 4.44. The van der Waals surface area contributed by atoms with Crippen LogP contribution in [0.3, 0.4) is 0 Å². The summed E-state index contributed by atoms with van der Waals surface area (Å²) in [5, 5.41) is 10.9. The van der Waals surface area contributed by atoms with Crippen molar-refractivity contribution in [3.63, 3.8) is 0 Å². The summed E-state index contributed by atoms with van der Waals surface area (Å²) in [7, 11) is 1.37. The Hall–Kier alpha value is -2.25. The van der Waals surface area contributed by atoms with Gasteiger partial charge in [-0.25, -0.2) is 4.79 Å². The van der Waals surface area contributed by atoms with Crippen LogP contribution in [-0.2, 0) is 11.2 Å². The molecule has 0 aliphatic rings. The molecular formula is C13H15F3N2O3. The molecular weight excluding hydrogens is 289 g/mol. The lowest BCUT2D eigenvalue weighted by Gasteiger charge is -2.19. The first-order valence-corrected chi connectivity index (χ1v) is 6.07. The van der Waals surface area contributed by atoms with Gasteiger partial charge in [-0.2, -0.15) is 13.2 Å². The van der Waals surface area contributed by atoms with Crippen LogP contribution < -0.4 is 5.32 Å². The minimum Gasteiger partial charge on any atom is -0.481 e. The Morgan fingerprint density at radius 1 is 1.29 bits per heavy atom. The number of aliphatic carboxylic acids is 1. The van der Waals surface area contributed by atoms with Gasteiger partial charge in [0.2, 0.25) is 0 Å². The molecule has 0 saturated carbocycles. The summed E-state index contributed by atoms with van der Waals surface area (Å²) < 4.78 is 37.3. The number of carbonyl (C=O) groups excluding carboxylic acids is 1. The number of hydrogen-bond acceptors (Lipinski definition) is 2. The van der Waals surface area contributed by atoms with E-state index in [0.29, 0.717) is 0 Å². The SMILES string of the molecule is CN(CCC(=O)O)C(=O)Nc1ccccc1CC(F)(F)F. The van der Waals surface area contributed by atoms with Crippen molar-refractivity contribution >= 4 is 17.7 Å². The standard InChI is InChI=1S/C13H15F3N2O3/c1-18(7-6-11(19)20)12(21)17-10-5-3-2-4-9(10)8-13(14,15)16/h2-5H,6-8H2,1H3,(H,17,21)(H,19,20). The van der Waals surface area contributed by atoms with Crippen LogP contribution in [-0.4, -0.2) is 41.8 Å². The Labute approximate surface area is 119 Å². The summed E-state index contributed by atoms with van der Waals surface area (Å²) in [6, 6.07) is 4.94. The zero-order chi connectivity index (χ0) is 16.0. The molecule has 0 saturated heterocycles. The van der Waals surface area contributed by atoms with E-state index >= 15 is 0 Å². The number of nitrogens with zero attached hydrogens (tertiary/aromatic N) is 1. The third-order valence-electron chi connectivity index (χ3n) is 2.66. The van der Waals surface area contributed by atoms with Crippen LogP contribution >= 0.6 is 0 Å². The zero-order valence-electron chi connectivity index (χ0n) is 11.3. The Morgan fingerprint density at radius 2 is 1.90 bits per heavy atom. The van der Waals surface area contributed by atoms with Crippen LogP contribution in [0, 0.1) is 0 Å². The molecule has 0 aliphatic heterocycles. The molecule has 1 rings (SSSR count). The smallest absolute Gasteiger partial charge is 0.393 e. The molecule has 1 aromatic carbocycles. The number of amides is 2. The van der Waals surface area contributed by atoms with E-state index in [2.05, 4.69) is 5.32 Å². The van der Waals surface area contributed by atoms with Crippen molar-refractivity contribution in [1.29, 1.82) is 0 Å². The van der Waals surface area contributed by atoms with Gasteiger partial charge in [-0.1, -0.05) is 18.2 Å². The predicted octanol–water partition coefficient (Wildman–Crippen LogP) is 2.73. The maximum atomic E-state index is 12.4. The van der Waals surface area contributed by atoms with Crippen molar-refractivity contribution in [2.45, 2.75) is 19.0 Å². The fraction of sp³-hybridized carbons (Fsp3) is 0.385. The second kappa shape index (κ2) is 6.96. The van der Waals surface area contributed by atoms with E-state index in [0.717, 1.165) is 4.90 Å². The van der Waals surface area contributed by atoms with Crippen molar-refractivity contribution in [1.82, 2.24) is 4.90 Å². The van der Waals surface area contributed by atoms with E-state index in [9.17, 15) is 22.8 Å². The van der Waals surface area contributed by atoms with Gasteiger partial charge in [-0.05, 0) is 11.6 Å². The summed E-state index contributed by atoms with van der Waals surface area (Å²) in [6.07, 6.45) is -5.77. The van der Waals surface area contributed by atoms with Gasteiger partial charge in [0.25, 0.3) is 0 Å². The van der Waals surface area contributed by atoms with Gasteiger partial charge in [-0.15, -0.1) is 0 Å². The molecule has 0 unspecified atom stereocenters. The van der Waals surface area contributed by atoms with Crippen molar-refractivity contribution in [3.8, 4) is 0 Å². The summed E-state index contributed by atoms with van der Waals surface area (Å²) in [6.45, 7) is -0.0391. The lowest BCUT2D eigenvalue weighted by Crippen LogP contribution is -2.33. The van der Waals surface area contributed by atoms with Crippen LogP contribution in [0.2, 0.25) is 0 Å². The average Bonchev–Trinajstić information content (AvgIpc) is 2.36. The number of carbonyl (C=O) groups is 2. The first kappa shape index (κ1) is 16.8. The first-order chi connectivity index (χ1) is 9.69. The molecule has 21 heavy (non-hydrogen) atoms. The zero-order valence-corrected chi connectivity index (χ0v) is 11.3. The molecule has 0 spiro atoms. The summed E-state index contributed by atoms with van der Waals surface area (Å²) in [5.41, 5.74) is 0.00647. The second-order valence-electron chi connectivity index (χ2n) is 4.44. The normalized spacial score (nSPS) is 11.0. The number of carboxylic acids is 1. The van der Waals surface area contributed by atoms with Gasteiger partial charge in [0.1, 0.15) is 0 Å². The van der Waals surface area contributed by atoms with E-state index in [4.69, 9.17) is 5.11 Å². The predicted molar refractivity (Wildman–Crippen MR) is 70.1 cm³/mol. The largest absolute Gasteiger partial charge is 0.481 e. The number of hydrogen-bond donors (Lipinski definition) is 2. The van der Waals surface area contributed by atoms with E-state index < -0.39 is 24.6 Å².